The van der Waals surface area contributed by atoms with Crippen LogP contribution in [0.1, 0.15) is 20.8 Å². The molecule has 0 unspecified atom stereocenters. The molecule has 0 amide bonds. The van der Waals surface area contributed by atoms with Crippen LogP contribution in [0, 0.1) is 5.92 Å². The molecule has 1 fully saturated rings. The molecule has 1 saturated heterocycles. The van der Waals surface area contributed by atoms with Crippen molar-refractivity contribution in [1.29, 1.82) is 0 Å². The molecule has 0 aromatic heterocycles. The first-order valence-corrected chi connectivity index (χ1v) is 3.39. The van der Waals surface area contributed by atoms with Gasteiger partial charge in [-0.1, -0.05) is 13.8 Å². The Kier molecular flexibility index (Phi) is 1.53. The van der Waals surface area contributed by atoms with Crippen LogP contribution in [0.3, 0.4) is 0 Å². The zero-order valence-corrected chi connectivity index (χ0v) is 6.22. The van der Waals surface area contributed by atoms with E-state index in [9.17, 15) is 0 Å². The van der Waals surface area contributed by atoms with E-state index in [1.54, 1.807) is 0 Å². The average Bonchev–Trinajstić information content (AvgIpc) is 2.44. The summed E-state index contributed by atoms with van der Waals surface area (Å²) in [7, 11) is 0. The maximum Gasteiger partial charge on any atom is 0.115 e. The van der Waals surface area contributed by atoms with Gasteiger partial charge in [-0.2, -0.15) is 0 Å². The number of aliphatic hydroxyl groups excluding tert-OH is 1. The lowest BCUT2D eigenvalue weighted by molar-refractivity contribution is 0.184. The van der Waals surface area contributed by atoms with Gasteiger partial charge in [-0.3, -0.25) is 0 Å². The molecular formula is C7H14O2. The van der Waals surface area contributed by atoms with Crippen LogP contribution in [0.25, 0.3) is 0 Å². The second-order valence-electron chi connectivity index (χ2n) is 3.25. The third-order valence-electron chi connectivity index (χ3n) is 1.86. The van der Waals surface area contributed by atoms with E-state index in [0.29, 0.717) is 5.92 Å². The fourth-order valence-electron chi connectivity index (χ4n) is 1.22. The Balaban J connectivity index is 2.38. The molecule has 0 aromatic rings. The molecule has 0 spiro atoms. The second kappa shape index (κ2) is 1.96. The maximum absolute atomic E-state index is 8.76. The largest absolute Gasteiger partial charge is 0.393 e. The van der Waals surface area contributed by atoms with Gasteiger partial charge in [-0.15, -0.1) is 0 Å². The first-order valence-electron chi connectivity index (χ1n) is 3.39. The summed E-state index contributed by atoms with van der Waals surface area (Å²) in [6.45, 7) is 6.30. The third-order valence-corrected chi connectivity index (χ3v) is 1.86. The van der Waals surface area contributed by atoms with Crippen molar-refractivity contribution in [2.24, 2.45) is 5.92 Å². The standard InChI is InChI=1S/C7H14O2/c1-5(2)6-7(3,4-8)9-6/h5-6,8H,4H2,1-3H3/t6-,7-/m1/s1. The van der Waals surface area contributed by atoms with E-state index >= 15 is 0 Å². The lowest BCUT2D eigenvalue weighted by atomic mass is 10.0. The van der Waals surface area contributed by atoms with E-state index in [2.05, 4.69) is 13.8 Å². The molecule has 54 valence electrons. The minimum Gasteiger partial charge on any atom is -0.393 e. The maximum atomic E-state index is 8.76. The Morgan fingerprint density at radius 3 is 2.33 bits per heavy atom. The normalized spacial score (nSPS) is 41.7. The molecule has 0 aliphatic carbocycles. The predicted molar refractivity (Wildman–Crippen MR) is 35.2 cm³/mol. The van der Waals surface area contributed by atoms with E-state index in [1.807, 2.05) is 6.92 Å². The molecule has 0 radical (unpaired) electrons. The zero-order valence-electron chi connectivity index (χ0n) is 6.22. The van der Waals surface area contributed by atoms with Crippen molar-refractivity contribution >= 4 is 0 Å². The number of rotatable bonds is 2. The van der Waals surface area contributed by atoms with Gasteiger partial charge in [0.05, 0.1) is 12.7 Å². The molecule has 1 rings (SSSR count). The van der Waals surface area contributed by atoms with Crippen LogP contribution in [-0.4, -0.2) is 23.4 Å². The molecule has 0 saturated carbocycles. The van der Waals surface area contributed by atoms with E-state index in [1.165, 1.54) is 0 Å². The fourth-order valence-corrected chi connectivity index (χ4v) is 1.22. The van der Waals surface area contributed by atoms with Crippen LogP contribution < -0.4 is 0 Å². The Labute approximate surface area is 55.8 Å². The quantitative estimate of drug-likeness (QED) is 0.560. The average molecular weight is 130 g/mol. The van der Waals surface area contributed by atoms with Crippen molar-refractivity contribution in [1.82, 2.24) is 0 Å². The number of aliphatic hydroxyl groups is 1. The van der Waals surface area contributed by atoms with Gasteiger partial charge in [-0.05, 0) is 12.8 Å². The topological polar surface area (TPSA) is 32.8 Å². The van der Waals surface area contributed by atoms with Gasteiger partial charge in [-0.25, -0.2) is 0 Å². The summed E-state index contributed by atoms with van der Waals surface area (Å²) in [5.74, 6) is 0.530. The summed E-state index contributed by atoms with van der Waals surface area (Å²) in [6.07, 6.45) is 0.280. The summed E-state index contributed by atoms with van der Waals surface area (Å²) in [5, 5.41) is 8.76. The molecule has 1 heterocycles. The molecule has 2 heteroatoms. The predicted octanol–water partition coefficient (Wildman–Crippen LogP) is 0.792. The summed E-state index contributed by atoms with van der Waals surface area (Å²) < 4.78 is 5.27. The molecule has 9 heavy (non-hydrogen) atoms. The van der Waals surface area contributed by atoms with Crippen molar-refractivity contribution in [3.63, 3.8) is 0 Å². The van der Waals surface area contributed by atoms with Crippen molar-refractivity contribution in [2.45, 2.75) is 32.5 Å². The monoisotopic (exact) mass is 130 g/mol. The summed E-state index contributed by atoms with van der Waals surface area (Å²) in [5.41, 5.74) is -0.214. The van der Waals surface area contributed by atoms with Crippen LogP contribution >= 0.6 is 0 Å². The van der Waals surface area contributed by atoms with E-state index in [0.717, 1.165) is 0 Å². The molecule has 0 aromatic carbocycles. The molecule has 0 bridgehead atoms. The SMILES string of the molecule is CC(C)[C@H]1O[C@]1(C)CO. The number of hydrogen-bond donors (Lipinski definition) is 1. The van der Waals surface area contributed by atoms with Crippen molar-refractivity contribution in [3.05, 3.63) is 0 Å². The Morgan fingerprint density at radius 1 is 1.67 bits per heavy atom. The van der Waals surface area contributed by atoms with Crippen LogP contribution in [0.2, 0.25) is 0 Å². The lowest BCUT2D eigenvalue weighted by Crippen LogP contribution is -2.18. The molecule has 2 atom stereocenters. The first kappa shape index (κ1) is 7.03. The highest BCUT2D eigenvalue weighted by atomic mass is 16.6. The van der Waals surface area contributed by atoms with Gasteiger partial charge < -0.3 is 9.84 Å². The molecule has 1 N–H and O–H groups in total. The summed E-state index contributed by atoms with van der Waals surface area (Å²) >= 11 is 0. The minimum atomic E-state index is -0.214. The van der Waals surface area contributed by atoms with Crippen molar-refractivity contribution in [3.8, 4) is 0 Å². The zero-order chi connectivity index (χ0) is 7.07. The molecule has 1 aliphatic heterocycles. The van der Waals surface area contributed by atoms with Gasteiger partial charge in [0.15, 0.2) is 0 Å². The van der Waals surface area contributed by atoms with Crippen LogP contribution in [-0.2, 0) is 4.74 Å². The van der Waals surface area contributed by atoms with Gasteiger partial charge in [0.2, 0.25) is 0 Å². The highest BCUT2D eigenvalue weighted by molar-refractivity contribution is 4.99. The smallest absolute Gasteiger partial charge is 0.115 e. The Hall–Kier alpha value is -0.0800. The highest BCUT2D eigenvalue weighted by Crippen LogP contribution is 2.40. The first-order chi connectivity index (χ1) is 4.10. The molecule has 1 aliphatic rings. The van der Waals surface area contributed by atoms with E-state index < -0.39 is 0 Å². The molecular weight excluding hydrogens is 116 g/mol. The van der Waals surface area contributed by atoms with Crippen molar-refractivity contribution < 1.29 is 9.84 Å². The Bertz CT molecular complexity index is 111. The van der Waals surface area contributed by atoms with E-state index in [4.69, 9.17) is 9.84 Å². The molecule has 2 nitrogen and oxygen atoms in total. The van der Waals surface area contributed by atoms with Gasteiger partial charge in [0, 0.05) is 0 Å². The fraction of sp³-hybridized carbons (Fsp3) is 1.00. The van der Waals surface area contributed by atoms with Gasteiger partial charge in [0.1, 0.15) is 5.60 Å². The second-order valence-corrected chi connectivity index (χ2v) is 3.25. The minimum absolute atomic E-state index is 0.149. The van der Waals surface area contributed by atoms with Crippen molar-refractivity contribution in [2.75, 3.05) is 6.61 Å². The van der Waals surface area contributed by atoms with E-state index in [-0.39, 0.29) is 18.3 Å². The van der Waals surface area contributed by atoms with Gasteiger partial charge >= 0.3 is 0 Å². The number of ether oxygens (including phenoxy) is 1. The number of hydrogen-bond acceptors (Lipinski definition) is 2. The van der Waals surface area contributed by atoms with Crippen LogP contribution in [0.4, 0.5) is 0 Å². The third kappa shape index (κ3) is 1.10. The number of epoxide rings is 1. The summed E-state index contributed by atoms with van der Waals surface area (Å²) in [4.78, 5) is 0. The van der Waals surface area contributed by atoms with Crippen LogP contribution in [0.5, 0.6) is 0 Å². The Morgan fingerprint density at radius 2 is 2.22 bits per heavy atom. The van der Waals surface area contributed by atoms with Crippen LogP contribution in [0.15, 0.2) is 0 Å². The summed E-state index contributed by atoms with van der Waals surface area (Å²) in [6, 6.07) is 0. The highest BCUT2D eigenvalue weighted by Gasteiger charge is 2.53. The van der Waals surface area contributed by atoms with Gasteiger partial charge in [0.25, 0.3) is 0 Å². The lowest BCUT2D eigenvalue weighted by Gasteiger charge is -2.01.